The van der Waals surface area contributed by atoms with Gasteiger partial charge in [0.15, 0.2) is 5.15 Å². The molecule has 0 saturated carbocycles. The Balaban J connectivity index is 2.40. The van der Waals surface area contributed by atoms with E-state index in [2.05, 4.69) is 10.3 Å². The number of benzene rings is 1. The van der Waals surface area contributed by atoms with E-state index in [0.29, 0.717) is 16.9 Å². The van der Waals surface area contributed by atoms with Gasteiger partial charge in [-0.3, -0.25) is 4.79 Å². The van der Waals surface area contributed by atoms with E-state index >= 15 is 0 Å². The Morgan fingerprint density at radius 1 is 1.19 bits per heavy atom. The highest BCUT2D eigenvalue weighted by Gasteiger charge is 2.17. The van der Waals surface area contributed by atoms with Crippen LogP contribution in [0.1, 0.15) is 15.9 Å². The molecule has 21 heavy (non-hydrogen) atoms. The van der Waals surface area contributed by atoms with Gasteiger partial charge in [-0.15, -0.1) is 0 Å². The molecule has 110 valence electrons. The van der Waals surface area contributed by atoms with Gasteiger partial charge in [0, 0.05) is 5.69 Å². The first-order chi connectivity index (χ1) is 9.79. The Hall–Kier alpha value is -1.20. The average molecular weight is 365 g/mol. The lowest BCUT2D eigenvalue weighted by Gasteiger charge is -2.12. The molecule has 2 rings (SSSR count). The summed E-state index contributed by atoms with van der Waals surface area (Å²) in [6, 6.07) is 4.47. The molecule has 0 aliphatic heterocycles. The molecule has 0 radical (unpaired) electrons. The van der Waals surface area contributed by atoms with Gasteiger partial charge in [0.05, 0.1) is 21.3 Å². The Morgan fingerprint density at radius 3 is 2.48 bits per heavy atom. The molecule has 0 bridgehead atoms. The molecule has 8 heteroatoms. The maximum absolute atomic E-state index is 12.3. The summed E-state index contributed by atoms with van der Waals surface area (Å²) in [5.41, 5.74) is 7.15. The van der Waals surface area contributed by atoms with Crippen molar-refractivity contribution in [2.24, 2.45) is 0 Å². The number of nitrogens with two attached hydrogens (primary N) is 1. The van der Waals surface area contributed by atoms with E-state index in [1.54, 1.807) is 13.0 Å². The molecule has 0 saturated heterocycles. The predicted molar refractivity (Wildman–Crippen MR) is 87.8 cm³/mol. The third kappa shape index (κ3) is 3.52. The number of anilines is 2. The number of hydrogen-bond donors (Lipinski definition) is 2. The second-order valence-electron chi connectivity index (χ2n) is 4.25. The van der Waals surface area contributed by atoms with Gasteiger partial charge in [-0.2, -0.15) is 0 Å². The molecule has 1 aromatic heterocycles. The van der Waals surface area contributed by atoms with E-state index < -0.39 is 5.91 Å². The summed E-state index contributed by atoms with van der Waals surface area (Å²) in [7, 11) is 0. The first-order valence-corrected chi connectivity index (χ1v) is 7.19. The normalized spacial score (nSPS) is 10.5. The van der Waals surface area contributed by atoms with Crippen molar-refractivity contribution in [1.29, 1.82) is 0 Å². The summed E-state index contributed by atoms with van der Waals surface area (Å²) in [6.07, 6.45) is 0. The SMILES string of the molecule is Cc1cc(Cl)nc(Cl)c1NC(=O)c1cc(N)cc(Cl)c1Cl. The van der Waals surface area contributed by atoms with Crippen molar-refractivity contribution in [1.82, 2.24) is 4.98 Å². The van der Waals surface area contributed by atoms with Gasteiger partial charge in [-0.1, -0.05) is 46.4 Å². The number of amides is 1. The van der Waals surface area contributed by atoms with E-state index in [-0.39, 0.29) is 25.9 Å². The molecule has 0 unspecified atom stereocenters. The minimum absolute atomic E-state index is 0.0828. The molecule has 2 aromatic rings. The van der Waals surface area contributed by atoms with Gasteiger partial charge in [0.25, 0.3) is 5.91 Å². The van der Waals surface area contributed by atoms with E-state index in [1.165, 1.54) is 12.1 Å². The van der Waals surface area contributed by atoms with Crippen LogP contribution in [0, 0.1) is 6.92 Å². The number of pyridine rings is 1. The number of aryl methyl sites for hydroxylation is 1. The molecule has 0 fully saturated rings. The van der Waals surface area contributed by atoms with Crippen LogP contribution in [0.3, 0.4) is 0 Å². The maximum Gasteiger partial charge on any atom is 0.257 e. The standard InChI is InChI=1S/C13H9Cl4N3O/c1-5-2-9(15)19-12(17)11(5)20-13(21)7-3-6(18)4-8(14)10(7)16/h2-4H,18H2,1H3,(H,20,21). The number of nitrogens with zero attached hydrogens (tertiary/aromatic N) is 1. The third-order valence-electron chi connectivity index (χ3n) is 2.67. The summed E-state index contributed by atoms with van der Waals surface area (Å²) in [4.78, 5) is 16.2. The fourth-order valence-electron chi connectivity index (χ4n) is 1.70. The molecular weight excluding hydrogens is 356 g/mol. The minimum atomic E-state index is -0.497. The highest BCUT2D eigenvalue weighted by Crippen LogP contribution is 2.31. The van der Waals surface area contributed by atoms with Crippen LogP contribution in [0.2, 0.25) is 20.4 Å². The Kier molecular flexibility index (Phi) is 4.84. The fourth-order valence-corrected chi connectivity index (χ4v) is 2.70. The van der Waals surface area contributed by atoms with Crippen LogP contribution in [0.15, 0.2) is 18.2 Å². The number of carbonyl (C=O) groups is 1. The molecule has 1 amide bonds. The molecule has 0 spiro atoms. The molecule has 1 aromatic carbocycles. The smallest absolute Gasteiger partial charge is 0.257 e. The molecule has 0 aliphatic rings. The van der Waals surface area contributed by atoms with E-state index in [4.69, 9.17) is 52.1 Å². The number of halogens is 4. The average Bonchev–Trinajstić information content (AvgIpc) is 2.37. The van der Waals surface area contributed by atoms with Crippen molar-refractivity contribution in [2.45, 2.75) is 6.92 Å². The highest BCUT2D eigenvalue weighted by atomic mass is 35.5. The van der Waals surface area contributed by atoms with Crippen LogP contribution in [-0.2, 0) is 0 Å². The second kappa shape index (κ2) is 6.28. The van der Waals surface area contributed by atoms with Crippen LogP contribution < -0.4 is 11.1 Å². The summed E-state index contributed by atoms with van der Waals surface area (Å²) >= 11 is 23.7. The molecule has 4 nitrogen and oxygen atoms in total. The van der Waals surface area contributed by atoms with Crippen molar-refractivity contribution < 1.29 is 4.79 Å². The largest absolute Gasteiger partial charge is 0.399 e. The lowest BCUT2D eigenvalue weighted by atomic mass is 10.1. The quantitative estimate of drug-likeness (QED) is 0.591. The number of rotatable bonds is 2. The summed E-state index contributed by atoms with van der Waals surface area (Å²) < 4.78 is 0. The zero-order valence-corrected chi connectivity index (χ0v) is 13.7. The fraction of sp³-hybridized carbons (Fsp3) is 0.0769. The maximum atomic E-state index is 12.3. The van der Waals surface area contributed by atoms with Crippen LogP contribution in [0.5, 0.6) is 0 Å². The number of aromatic nitrogens is 1. The van der Waals surface area contributed by atoms with Crippen molar-refractivity contribution >= 4 is 63.7 Å². The van der Waals surface area contributed by atoms with Gasteiger partial charge in [-0.25, -0.2) is 4.98 Å². The monoisotopic (exact) mass is 363 g/mol. The molecule has 1 heterocycles. The van der Waals surface area contributed by atoms with Gasteiger partial charge < -0.3 is 11.1 Å². The van der Waals surface area contributed by atoms with E-state index in [1.807, 2.05) is 0 Å². The van der Waals surface area contributed by atoms with Crippen LogP contribution in [0.25, 0.3) is 0 Å². The summed E-state index contributed by atoms with van der Waals surface area (Å²) in [6.45, 7) is 1.74. The van der Waals surface area contributed by atoms with Gasteiger partial charge in [0.2, 0.25) is 0 Å². The zero-order valence-electron chi connectivity index (χ0n) is 10.7. The first-order valence-electron chi connectivity index (χ1n) is 5.68. The number of hydrogen-bond acceptors (Lipinski definition) is 3. The predicted octanol–water partition coefficient (Wildman–Crippen LogP) is 4.84. The Morgan fingerprint density at radius 2 is 1.86 bits per heavy atom. The summed E-state index contributed by atoms with van der Waals surface area (Å²) in [5.74, 6) is -0.497. The van der Waals surface area contributed by atoms with E-state index in [0.717, 1.165) is 0 Å². The minimum Gasteiger partial charge on any atom is -0.399 e. The lowest BCUT2D eigenvalue weighted by Crippen LogP contribution is -2.14. The van der Waals surface area contributed by atoms with Gasteiger partial charge in [-0.05, 0) is 30.7 Å². The molecule has 0 aliphatic carbocycles. The van der Waals surface area contributed by atoms with Crippen molar-refractivity contribution in [3.8, 4) is 0 Å². The number of carbonyl (C=O) groups excluding carboxylic acids is 1. The Labute approximate surface area is 141 Å². The highest BCUT2D eigenvalue weighted by molar-refractivity contribution is 6.44. The van der Waals surface area contributed by atoms with Gasteiger partial charge >= 0.3 is 0 Å². The van der Waals surface area contributed by atoms with Crippen molar-refractivity contribution in [3.05, 3.63) is 49.7 Å². The zero-order chi connectivity index (χ0) is 15.7. The van der Waals surface area contributed by atoms with Crippen LogP contribution >= 0.6 is 46.4 Å². The second-order valence-corrected chi connectivity index (χ2v) is 5.78. The number of nitrogens with one attached hydrogen (secondary N) is 1. The van der Waals surface area contributed by atoms with Gasteiger partial charge in [0.1, 0.15) is 5.15 Å². The first kappa shape index (κ1) is 16.2. The van der Waals surface area contributed by atoms with E-state index in [9.17, 15) is 4.79 Å². The Bertz CT molecular complexity index is 711. The molecular formula is C13H9Cl4N3O. The van der Waals surface area contributed by atoms with Crippen molar-refractivity contribution in [2.75, 3.05) is 11.1 Å². The van der Waals surface area contributed by atoms with Crippen LogP contribution in [-0.4, -0.2) is 10.9 Å². The topological polar surface area (TPSA) is 68.0 Å². The summed E-state index contributed by atoms with van der Waals surface area (Å²) in [5, 5.41) is 3.25. The third-order valence-corrected chi connectivity index (χ3v) is 3.94. The van der Waals surface area contributed by atoms with Crippen molar-refractivity contribution in [3.63, 3.8) is 0 Å². The molecule has 0 atom stereocenters. The van der Waals surface area contributed by atoms with Crippen LogP contribution in [0.4, 0.5) is 11.4 Å². The lowest BCUT2D eigenvalue weighted by molar-refractivity contribution is 0.102. The molecule has 3 N–H and O–H groups in total. The number of nitrogen functional groups attached to an aromatic ring is 1.